The van der Waals surface area contributed by atoms with E-state index in [-0.39, 0.29) is 0 Å². The van der Waals surface area contributed by atoms with Crippen LogP contribution in [0, 0.1) is 0 Å². The van der Waals surface area contributed by atoms with Gasteiger partial charge in [0.25, 0.3) is 0 Å². The Morgan fingerprint density at radius 2 is 2.21 bits per heavy atom. The molecule has 1 aromatic heterocycles. The number of ketones is 1. The zero-order valence-electron chi connectivity index (χ0n) is 8.73. The number of aromatic nitrogens is 4. The predicted octanol–water partition coefficient (Wildman–Crippen LogP) is 0.902. The summed E-state index contributed by atoms with van der Waals surface area (Å²) >= 11 is 0. The van der Waals surface area contributed by atoms with Gasteiger partial charge in [-0.3, -0.25) is 4.79 Å². The van der Waals surface area contributed by atoms with E-state index in [0.29, 0.717) is 18.6 Å². The molecule has 0 amide bonds. The van der Waals surface area contributed by atoms with Crippen LogP contribution in [0.25, 0.3) is 0 Å². The summed E-state index contributed by atoms with van der Waals surface area (Å²) in [5, 5.41) is 11.6. The Labute approximate surface area is 83.5 Å². The molecule has 0 fully saturated rings. The lowest BCUT2D eigenvalue weighted by molar-refractivity contribution is -0.119. The summed E-state index contributed by atoms with van der Waals surface area (Å²) in [6.45, 7) is 2.02. The number of nitrogens with zero attached hydrogens (tertiary/aromatic N) is 4. The van der Waals surface area contributed by atoms with Gasteiger partial charge < -0.3 is 0 Å². The Bertz CT molecular complexity index is 295. The third-order valence-corrected chi connectivity index (χ3v) is 1.93. The zero-order chi connectivity index (χ0) is 10.4. The summed E-state index contributed by atoms with van der Waals surface area (Å²) in [4.78, 5) is 12.6. The number of carbonyl (C=O) groups is 1. The molecule has 0 N–H and O–H groups in total. The second kappa shape index (κ2) is 5.47. The van der Waals surface area contributed by atoms with Gasteiger partial charge in [-0.15, -0.1) is 10.2 Å². The first kappa shape index (κ1) is 10.8. The summed E-state index contributed by atoms with van der Waals surface area (Å²) in [6.07, 6.45) is 3.82. The molecule has 0 radical (unpaired) electrons. The number of rotatable bonds is 6. The molecule has 0 aliphatic carbocycles. The monoisotopic (exact) mass is 196 g/mol. The van der Waals surface area contributed by atoms with Gasteiger partial charge in [-0.1, -0.05) is 6.92 Å². The van der Waals surface area contributed by atoms with Crippen LogP contribution in [-0.2, 0) is 18.3 Å². The second-order valence-corrected chi connectivity index (χ2v) is 3.34. The van der Waals surface area contributed by atoms with Gasteiger partial charge >= 0.3 is 0 Å². The van der Waals surface area contributed by atoms with Crippen molar-refractivity contribution >= 4 is 5.78 Å². The van der Waals surface area contributed by atoms with E-state index in [1.807, 2.05) is 6.92 Å². The summed E-state index contributed by atoms with van der Waals surface area (Å²) in [5.41, 5.74) is 0. The molecule has 1 aromatic rings. The minimum absolute atomic E-state index is 0.330. The normalized spacial score (nSPS) is 10.4. The SMILES string of the molecule is CCCC(=O)CCCc1nnn(C)n1. The molecule has 0 aliphatic heterocycles. The quantitative estimate of drug-likeness (QED) is 0.678. The van der Waals surface area contributed by atoms with Crippen LogP contribution in [-0.4, -0.2) is 26.0 Å². The van der Waals surface area contributed by atoms with Crippen LogP contribution in [0.1, 0.15) is 38.4 Å². The summed E-state index contributed by atoms with van der Waals surface area (Å²) < 4.78 is 0. The van der Waals surface area contributed by atoms with E-state index in [1.54, 1.807) is 7.05 Å². The lowest BCUT2D eigenvalue weighted by Crippen LogP contribution is -1.99. The first-order valence-electron chi connectivity index (χ1n) is 4.97. The average Bonchev–Trinajstić information content (AvgIpc) is 2.52. The fourth-order valence-electron chi connectivity index (χ4n) is 1.27. The van der Waals surface area contributed by atoms with Crippen LogP contribution in [0.15, 0.2) is 0 Å². The van der Waals surface area contributed by atoms with Gasteiger partial charge in [-0.2, -0.15) is 4.80 Å². The van der Waals surface area contributed by atoms with Gasteiger partial charge in [0.15, 0.2) is 5.82 Å². The molecule has 0 saturated carbocycles. The third kappa shape index (κ3) is 3.64. The summed E-state index contributed by atoms with van der Waals surface area (Å²) in [5.74, 6) is 1.05. The fourth-order valence-corrected chi connectivity index (χ4v) is 1.27. The first-order chi connectivity index (χ1) is 6.72. The highest BCUT2D eigenvalue weighted by Crippen LogP contribution is 2.01. The highest BCUT2D eigenvalue weighted by Gasteiger charge is 2.03. The smallest absolute Gasteiger partial charge is 0.174 e. The lowest BCUT2D eigenvalue weighted by Gasteiger charge is -1.96. The van der Waals surface area contributed by atoms with Crippen molar-refractivity contribution in [1.82, 2.24) is 20.2 Å². The molecule has 5 nitrogen and oxygen atoms in total. The molecule has 0 bridgehead atoms. The van der Waals surface area contributed by atoms with Crippen LogP contribution in [0.3, 0.4) is 0 Å². The van der Waals surface area contributed by atoms with Crippen LogP contribution in [0.2, 0.25) is 0 Å². The Kier molecular flexibility index (Phi) is 4.22. The van der Waals surface area contributed by atoms with Gasteiger partial charge in [-0.25, -0.2) is 0 Å². The van der Waals surface area contributed by atoms with Crippen LogP contribution < -0.4 is 0 Å². The standard InChI is InChI=1S/C9H16N4O/c1-3-5-8(14)6-4-7-9-10-12-13(2)11-9/h3-7H2,1-2H3. The molecule has 0 aromatic carbocycles. The zero-order valence-corrected chi connectivity index (χ0v) is 8.73. The minimum Gasteiger partial charge on any atom is -0.300 e. The van der Waals surface area contributed by atoms with Crippen molar-refractivity contribution in [3.8, 4) is 0 Å². The minimum atomic E-state index is 0.330. The Hall–Kier alpha value is -1.26. The molecular formula is C9H16N4O. The van der Waals surface area contributed by atoms with Gasteiger partial charge in [-0.05, 0) is 18.1 Å². The van der Waals surface area contributed by atoms with E-state index in [9.17, 15) is 4.79 Å². The van der Waals surface area contributed by atoms with Gasteiger partial charge in [0.2, 0.25) is 0 Å². The van der Waals surface area contributed by atoms with Crippen molar-refractivity contribution in [1.29, 1.82) is 0 Å². The molecule has 1 rings (SSSR count). The molecule has 78 valence electrons. The number of carbonyl (C=O) groups excluding carboxylic acids is 1. The van der Waals surface area contributed by atoms with E-state index in [1.165, 1.54) is 4.80 Å². The Morgan fingerprint density at radius 3 is 2.79 bits per heavy atom. The molecule has 14 heavy (non-hydrogen) atoms. The highest BCUT2D eigenvalue weighted by molar-refractivity contribution is 5.78. The van der Waals surface area contributed by atoms with E-state index < -0.39 is 0 Å². The summed E-state index contributed by atoms with van der Waals surface area (Å²) in [7, 11) is 1.73. The van der Waals surface area contributed by atoms with E-state index >= 15 is 0 Å². The van der Waals surface area contributed by atoms with E-state index in [4.69, 9.17) is 0 Å². The molecule has 1 heterocycles. The van der Waals surface area contributed by atoms with Gasteiger partial charge in [0.1, 0.15) is 5.78 Å². The number of aryl methyl sites for hydroxylation is 2. The lowest BCUT2D eigenvalue weighted by atomic mass is 10.1. The van der Waals surface area contributed by atoms with Gasteiger partial charge in [0, 0.05) is 19.3 Å². The molecule has 0 unspecified atom stereocenters. The molecule has 0 atom stereocenters. The van der Waals surface area contributed by atoms with E-state index in [0.717, 1.165) is 25.1 Å². The molecule has 0 saturated heterocycles. The van der Waals surface area contributed by atoms with Crippen LogP contribution in [0.5, 0.6) is 0 Å². The third-order valence-electron chi connectivity index (χ3n) is 1.93. The second-order valence-electron chi connectivity index (χ2n) is 3.34. The van der Waals surface area contributed by atoms with Gasteiger partial charge in [0.05, 0.1) is 7.05 Å². The van der Waals surface area contributed by atoms with Crippen molar-refractivity contribution in [3.63, 3.8) is 0 Å². The van der Waals surface area contributed by atoms with Crippen molar-refractivity contribution < 1.29 is 4.79 Å². The van der Waals surface area contributed by atoms with Crippen molar-refractivity contribution in [2.24, 2.45) is 7.05 Å². The maximum absolute atomic E-state index is 11.2. The van der Waals surface area contributed by atoms with Crippen molar-refractivity contribution in [2.45, 2.75) is 39.0 Å². The first-order valence-corrected chi connectivity index (χ1v) is 4.97. The number of hydrogen-bond acceptors (Lipinski definition) is 4. The Balaban J connectivity index is 2.18. The molecule has 5 heteroatoms. The maximum Gasteiger partial charge on any atom is 0.174 e. The number of Topliss-reactive ketones (excluding diaryl/α,β-unsaturated/α-hetero) is 1. The van der Waals surface area contributed by atoms with Crippen LogP contribution in [0.4, 0.5) is 0 Å². The maximum atomic E-state index is 11.2. The summed E-state index contributed by atoms with van der Waals surface area (Å²) in [6, 6.07) is 0. The number of hydrogen-bond donors (Lipinski definition) is 0. The predicted molar refractivity (Wildman–Crippen MR) is 51.7 cm³/mol. The molecule has 0 aliphatic rings. The number of tetrazole rings is 1. The molecule has 0 spiro atoms. The van der Waals surface area contributed by atoms with Crippen LogP contribution >= 0.6 is 0 Å². The Morgan fingerprint density at radius 1 is 1.43 bits per heavy atom. The van der Waals surface area contributed by atoms with E-state index in [2.05, 4.69) is 15.4 Å². The fraction of sp³-hybridized carbons (Fsp3) is 0.778. The molecular weight excluding hydrogens is 180 g/mol. The topological polar surface area (TPSA) is 60.7 Å². The largest absolute Gasteiger partial charge is 0.300 e. The average molecular weight is 196 g/mol. The highest BCUT2D eigenvalue weighted by atomic mass is 16.1. The van der Waals surface area contributed by atoms with Crippen molar-refractivity contribution in [3.05, 3.63) is 5.82 Å². The van der Waals surface area contributed by atoms with Crippen molar-refractivity contribution in [2.75, 3.05) is 0 Å².